The lowest BCUT2D eigenvalue weighted by Gasteiger charge is -2.31. The summed E-state index contributed by atoms with van der Waals surface area (Å²) in [5.41, 5.74) is 0.325. The molecule has 0 saturated carbocycles. The van der Waals surface area contributed by atoms with Gasteiger partial charge in [-0.3, -0.25) is 4.79 Å². The predicted molar refractivity (Wildman–Crippen MR) is 98.9 cm³/mol. The number of rotatable bonds is 4. The Morgan fingerprint density at radius 2 is 1.78 bits per heavy atom. The van der Waals surface area contributed by atoms with Crippen LogP contribution in [0.15, 0.2) is 29.2 Å². The minimum absolute atomic E-state index is 0.0581. The van der Waals surface area contributed by atoms with Crippen LogP contribution in [-0.4, -0.2) is 69.0 Å². The standard InChI is InChI=1S/C18H25N3O5S/c1-26-18(23)20-11-7-15(8-12-20)19-17(22)14-5-4-6-16(13-14)27(24,25)21-9-2-3-10-21/h4-6,13,15H,2-3,7-12H2,1H3,(H,19,22). The second kappa shape index (κ2) is 8.26. The van der Waals surface area contributed by atoms with Crippen molar-refractivity contribution in [3.05, 3.63) is 29.8 Å². The van der Waals surface area contributed by atoms with Crippen LogP contribution in [0.4, 0.5) is 4.79 Å². The van der Waals surface area contributed by atoms with E-state index in [1.54, 1.807) is 17.0 Å². The molecule has 27 heavy (non-hydrogen) atoms. The van der Waals surface area contributed by atoms with Crippen LogP contribution in [0.5, 0.6) is 0 Å². The van der Waals surface area contributed by atoms with Crippen LogP contribution in [-0.2, 0) is 14.8 Å². The molecule has 2 heterocycles. The number of carbonyl (C=O) groups excluding carboxylic acids is 2. The topological polar surface area (TPSA) is 96.0 Å². The van der Waals surface area contributed by atoms with Gasteiger partial charge in [-0.05, 0) is 43.9 Å². The van der Waals surface area contributed by atoms with E-state index < -0.39 is 10.0 Å². The molecule has 0 spiro atoms. The average molecular weight is 395 g/mol. The molecule has 2 aliphatic rings. The van der Waals surface area contributed by atoms with Gasteiger partial charge in [0.2, 0.25) is 10.0 Å². The van der Waals surface area contributed by atoms with Gasteiger partial charge in [-0.25, -0.2) is 13.2 Å². The lowest BCUT2D eigenvalue weighted by molar-refractivity contribution is 0.0892. The molecule has 0 bridgehead atoms. The second-order valence-corrected chi connectivity index (χ2v) is 8.78. The van der Waals surface area contributed by atoms with Crippen molar-refractivity contribution >= 4 is 22.0 Å². The number of hydrogen-bond donors (Lipinski definition) is 1. The number of benzene rings is 1. The number of methoxy groups -OCH3 is 1. The highest BCUT2D eigenvalue weighted by Crippen LogP contribution is 2.22. The van der Waals surface area contributed by atoms with E-state index in [9.17, 15) is 18.0 Å². The highest BCUT2D eigenvalue weighted by atomic mass is 32.2. The summed E-state index contributed by atoms with van der Waals surface area (Å²) in [5, 5.41) is 2.93. The zero-order valence-electron chi connectivity index (χ0n) is 15.4. The summed E-state index contributed by atoms with van der Waals surface area (Å²) in [6.45, 7) is 2.08. The van der Waals surface area contributed by atoms with E-state index in [4.69, 9.17) is 4.74 Å². The van der Waals surface area contributed by atoms with Crippen molar-refractivity contribution in [1.29, 1.82) is 0 Å². The lowest BCUT2D eigenvalue weighted by atomic mass is 10.0. The van der Waals surface area contributed by atoms with Gasteiger partial charge in [0.25, 0.3) is 5.91 Å². The first-order valence-electron chi connectivity index (χ1n) is 9.16. The summed E-state index contributed by atoms with van der Waals surface area (Å²) in [4.78, 5) is 25.8. The van der Waals surface area contributed by atoms with Crippen LogP contribution in [0.2, 0.25) is 0 Å². The minimum atomic E-state index is -3.55. The third-order valence-electron chi connectivity index (χ3n) is 5.06. The number of piperidine rings is 1. The van der Waals surface area contributed by atoms with Gasteiger partial charge in [0, 0.05) is 37.8 Å². The van der Waals surface area contributed by atoms with Crippen LogP contribution in [0.1, 0.15) is 36.0 Å². The lowest BCUT2D eigenvalue weighted by Crippen LogP contribution is -2.46. The molecule has 2 aliphatic heterocycles. The molecule has 148 valence electrons. The van der Waals surface area contributed by atoms with Crippen LogP contribution in [0.25, 0.3) is 0 Å². The van der Waals surface area contributed by atoms with Crippen LogP contribution >= 0.6 is 0 Å². The zero-order chi connectivity index (χ0) is 19.4. The third-order valence-corrected chi connectivity index (χ3v) is 6.96. The van der Waals surface area contributed by atoms with Gasteiger partial charge in [-0.2, -0.15) is 4.31 Å². The number of nitrogens with zero attached hydrogens (tertiary/aromatic N) is 2. The van der Waals surface area contributed by atoms with E-state index >= 15 is 0 Å². The van der Waals surface area contributed by atoms with Crippen molar-refractivity contribution in [2.75, 3.05) is 33.3 Å². The fourth-order valence-electron chi connectivity index (χ4n) is 3.48. The molecule has 0 unspecified atom stereocenters. The van der Waals surface area contributed by atoms with Crippen LogP contribution < -0.4 is 5.32 Å². The fourth-order valence-corrected chi connectivity index (χ4v) is 5.04. The molecule has 0 atom stereocenters. The second-order valence-electron chi connectivity index (χ2n) is 6.84. The Morgan fingerprint density at radius 1 is 1.11 bits per heavy atom. The van der Waals surface area contributed by atoms with Crippen LogP contribution in [0.3, 0.4) is 0 Å². The van der Waals surface area contributed by atoms with Gasteiger partial charge >= 0.3 is 6.09 Å². The summed E-state index contributed by atoms with van der Waals surface area (Å²) in [7, 11) is -2.21. The quantitative estimate of drug-likeness (QED) is 0.832. The van der Waals surface area contributed by atoms with Gasteiger partial charge in [-0.1, -0.05) is 6.07 Å². The number of nitrogens with one attached hydrogen (secondary N) is 1. The molecular weight excluding hydrogens is 370 g/mol. The first kappa shape index (κ1) is 19.6. The summed E-state index contributed by atoms with van der Waals surface area (Å²) in [5.74, 6) is -0.301. The maximum absolute atomic E-state index is 12.7. The van der Waals surface area contributed by atoms with E-state index in [-0.39, 0.29) is 22.9 Å². The van der Waals surface area contributed by atoms with E-state index in [0.29, 0.717) is 44.6 Å². The normalized spacial score (nSPS) is 19.1. The molecule has 2 saturated heterocycles. The van der Waals surface area contributed by atoms with Gasteiger partial charge in [0.1, 0.15) is 0 Å². The van der Waals surface area contributed by atoms with Crippen molar-refractivity contribution in [2.45, 2.75) is 36.6 Å². The third kappa shape index (κ3) is 4.41. The Morgan fingerprint density at radius 3 is 2.41 bits per heavy atom. The molecule has 1 N–H and O–H groups in total. The Labute approximate surface area is 159 Å². The SMILES string of the molecule is COC(=O)N1CCC(NC(=O)c2cccc(S(=O)(=O)N3CCCC3)c2)CC1. The Balaban J connectivity index is 1.63. The van der Waals surface area contributed by atoms with E-state index in [0.717, 1.165) is 12.8 Å². The summed E-state index contributed by atoms with van der Waals surface area (Å²) in [6, 6.07) is 6.11. The number of ether oxygens (including phenoxy) is 1. The van der Waals surface area contributed by atoms with Gasteiger partial charge in [-0.15, -0.1) is 0 Å². The zero-order valence-corrected chi connectivity index (χ0v) is 16.2. The smallest absolute Gasteiger partial charge is 0.409 e. The number of likely N-dealkylation sites (tertiary alicyclic amines) is 1. The maximum Gasteiger partial charge on any atom is 0.409 e. The summed E-state index contributed by atoms with van der Waals surface area (Å²) in [6.07, 6.45) is 2.63. The summed E-state index contributed by atoms with van der Waals surface area (Å²) < 4.78 is 31.5. The van der Waals surface area contributed by atoms with Crippen molar-refractivity contribution < 1.29 is 22.7 Å². The number of carbonyl (C=O) groups is 2. The Bertz CT molecular complexity index is 797. The first-order chi connectivity index (χ1) is 12.9. The molecular formula is C18H25N3O5S. The molecule has 9 heteroatoms. The molecule has 2 fully saturated rings. The molecule has 3 rings (SSSR count). The number of hydrogen-bond acceptors (Lipinski definition) is 5. The predicted octanol–water partition coefficient (Wildman–Crippen LogP) is 1.43. The van der Waals surface area contributed by atoms with Crippen molar-refractivity contribution in [3.63, 3.8) is 0 Å². The number of amides is 2. The molecule has 1 aromatic rings. The summed E-state index contributed by atoms with van der Waals surface area (Å²) >= 11 is 0. The van der Waals surface area contributed by atoms with Gasteiger partial charge in [0.05, 0.1) is 12.0 Å². The van der Waals surface area contributed by atoms with E-state index in [1.165, 1.54) is 23.5 Å². The largest absolute Gasteiger partial charge is 0.453 e. The molecule has 2 amide bonds. The molecule has 0 aromatic heterocycles. The van der Waals surface area contributed by atoms with Gasteiger partial charge < -0.3 is 15.0 Å². The maximum atomic E-state index is 12.7. The first-order valence-corrected chi connectivity index (χ1v) is 10.6. The molecule has 0 aliphatic carbocycles. The monoisotopic (exact) mass is 395 g/mol. The number of sulfonamides is 1. The Hall–Kier alpha value is -2.13. The fraction of sp³-hybridized carbons (Fsp3) is 0.556. The molecule has 1 aromatic carbocycles. The highest BCUT2D eigenvalue weighted by Gasteiger charge is 2.28. The molecule has 0 radical (unpaired) electrons. The Kier molecular flexibility index (Phi) is 6.01. The van der Waals surface area contributed by atoms with Crippen molar-refractivity contribution in [3.8, 4) is 0 Å². The average Bonchev–Trinajstić information content (AvgIpc) is 3.24. The highest BCUT2D eigenvalue weighted by molar-refractivity contribution is 7.89. The van der Waals surface area contributed by atoms with Crippen LogP contribution in [0, 0.1) is 0 Å². The molecule has 8 nitrogen and oxygen atoms in total. The van der Waals surface area contributed by atoms with Crippen molar-refractivity contribution in [2.24, 2.45) is 0 Å². The minimum Gasteiger partial charge on any atom is -0.453 e. The van der Waals surface area contributed by atoms with E-state index in [2.05, 4.69) is 5.32 Å². The van der Waals surface area contributed by atoms with Gasteiger partial charge in [0.15, 0.2) is 0 Å². The van der Waals surface area contributed by atoms with Crippen molar-refractivity contribution in [1.82, 2.24) is 14.5 Å². The van der Waals surface area contributed by atoms with E-state index in [1.807, 2.05) is 0 Å².